The van der Waals surface area contributed by atoms with Gasteiger partial charge < -0.3 is 10.5 Å². The van der Waals surface area contributed by atoms with Crippen molar-refractivity contribution in [3.8, 4) is 6.07 Å². The Morgan fingerprint density at radius 2 is 2.50 bits per heavy atom. The third-order valence-corrected chi connectivity index (χ3v) is 1.56. The second-order valence-corrected chi connectivity index (χ2v) is 2.46. The van der Waals surface area contributed by atoms with E-state index in [0.717, 1.165) is 0 Å². The lowest BCUT2D eigenvalue weighted by molar-refractivity contribution is 0.0519. The van der Waals surface area contributed by atoms with Crippen LogP contribution in [0.15, 0.2) is 12.3 Å². The van der Waals surface area contributed by atoms with E-state index in [1.807, 2.05) is 6.07 Å². The quantitative estimate of drug-likeness (QED) is 0.695. The van der Waals surface area contributed by atoms with Crippen LogP contribution in [0.1, 0.15) is 23.0 Å². The summed E-state index contributed by atoms with van der Waals surface area (Å²) in [7, 11) is 0. The number of aromatic nitrogens is 1. The number of pyridine rings is 1. The third-order valence-electron chi connectivity index (χ3n) is 1.56. The minimum Gasteiger partial charge on any atom is -0.461 e. The first-order chi connectivity index (χ1) is 6.70. The van der Waals surface area contributed by atoms with Gasteiger partial charge in [0.05, 0.1) is 12.3 Å². The first-order valence-corrected chi connectivity index (χ1v) is 4.02. The molecule has 0 aliphatic rings. The summed E-state index contributed by atoms with van der Waals surface area (Å²) in [6.07, 6.45) is 1.36. The molecule has 5 nitrogen and oxygen atoms in total. The number of rotatable bonds is 2. The minimum atomic E-state index is -0.628. The molecule has 0 aromatic carbocycles. The molecule has 5 heteroatoms. The van der Waals surface area contributed by atoms with Gasteiger partial charge in [-0.3, -0.25) is 0 Å². The highest BCUT2D eigenvalue weighted by atomic mass is 16.5. The number of esters is 1. The Balaban J connectivity index is 3.15. The molecule has 1 aromatic heterocycles. The molecule has 0 radical (unpaired) electrons. The SMILES string of the molecule is CCOC(=O)c1nccc(N)c1C#N. The number of ether oxygens (including phenoxy) is 1. The number of hydrogen-bond donors (Lipinski definition) is 1. The second kappa shape index (κ2) is 4.23. The standard InChI is InChI=1S/C9H9N3O2/c1-2-14-9(13)8-6(5-10)7(11)3-4-12-8/h3-4H,2H2,1H3,(H2,11,12). The first-order valence-electron chi connectivity index (χ1n) is 4.02. The van der Waals surface area contributed by atoms with Crippen molar-refractivity contribution in [1.82, 2.24) is 4.98 Å². The fourth-order valence-corrected chi connectivity index (χ4v) is 0.948. The van der Waals surface area contributed by atoms with E-state index >= 15 is 0 Å². The molecule has 0 saturated heterocycles. The zero-order valence-electron chi connectivity index (χ0n) is 7.65. The molecule has 0 aliphatic heterocycles. The van der Waals surface area contributed by atoms with Gasteiger partial charge in [0.1, 0.15) is 11.6 Å². The minimum absolute atomic E-state index is 0.0330. The molecule has 1 aromatic rings. The molecule has 0 spiro atoms. The van der Waals surface area contributed by atoms with E-state index < -0.39 is 5.97 Å². The highest BCUT2D eigenvalue weighted by Crippen LogP contribution is 2.13. The summed E-state index contributed by atoms with van der Waals surface area (Å²) < 4.78 is 4.72. The van der Waals surface area contributed by atoms with Gasteiger partial charge in [-0.15, -0.1) is 0 Å². The number of nitriles is 1. The van der Waals surface area contributed by atoms with Gasteiger partial charge in [0.15, 0.2) is 5.69 Å². The van der Waals surface area contributed by atoms with Gasteiger partial charge in [-0.05, 0) is 13.0 Å². The van der Waals surface area contributed by atoms with Crippen molar-refractivity contribution in [2.45, 2.75) is 6.92 Å². The van der Waals surface area contributed by atoms with Crippen LogP contribution in [0.3, 0.4) is 0 Å². The number of nitrogen functional groups attached to an aromatic ring is 1. The molecule has 1 heterocycles. The van der Waals surface area contributed by atoms with E-state index in [2.05, 4.69) is 4.98 Å². The maximum atomic E-state index is 11.3. The summed E-state index contributed by atoms with van der Waals surface area (Å²) in [4.78, 5) is 15.0. The van der Waals surface area contributed by atoms with Crippen molar-refractivity contribution in [2.24, 2.45) is 0 Å². The van der Waals surface area contributed by atoms with E-state index in [-0.39, 0.29) is 23.6 Å². The molecule has 0 atom stereocenters. The average molecular weight is 191 g/mol. The van der Waals surface area contributed by atoms with Crippen molar-refractivity contribution < 1.29 is 9.53 Å². The molecule has 0 aliphatic carbocycles. The van der Waals surface area contributed by atoms with Crippen molar-refractivity contribution in [2.75, 3.05) is 12.3 Å². The molecular formula is C9H9N3O2. The van der Waals surface area contributed by atoms with Gasteiger partial charge in [0.2, 0.25) is 0 Å². The number of carbonyl (C=O) groups excluding carboxylic acids is 1. The molecule has 1 rings (SSSR count). The number of anilines is 1. The molecule has 0 fully saturated rings. The van der Waals surface area contributed by atoms with Crippen LogP contribution in [-0.4, -0.2) is 17.6 Å². The fraction of sp³-hybridized carbons (Fsp3) is 0.222. The van der Waals surface area contributed by atoms with Crippen LogP contribution in [0, 0.1) is 11.3 Å². The smallest absolute Gasteiger partial charge is 0.358 e. The van der Waals surface area contributed by atoms with Gasteiger partial charge >= 0.3 is 5.97 Å². The van der Waals surface area contributed by atoms with Crippen LogP contribution in [0.2, 0.25) is 0 Å². The van der Waals surface area contributed by atoms with Crippen LogP contribution in [0.4, 0.5) is 5.69 Å². The van der Waals surface area contributed by atoms with Crippen molar-refractivity contribution in [3.05, 3.63) is 23.5 Å². The predicted octanol–water partition coefficient (Wildman–Crippen LogP) is 0.712. The van der Waals surface area contributed by atoms with Gasteiger partial charge in [-0.2, -0.15) is 5.26 Å². The molecule has 0 saturated carbocycles. The Labute approximate surface area is 81.1 Å². The van der Waals surface area contributed by atoms with Gasteiger partial charge in [-0.1, -0.05) is 0 Å². The Bertz CT molecular complexity index is 396. The Kier molecular flexibility index (Phi) is 3.02. The second-order valence-electron chi connectivity index (χ2n) is 2.46. The zero-order valence-corrected chi connectivity index (χ0v) is 7.65. The molecule has 2 N–H and O–H groups in total. The largest absolute Gasteiger partial charge is 0.461 e. The number of carbonyl (C=O) groups is 1. The van der Waals surface area contributed by atoms with Gasteiger partial charge in [-0.25, -0.2) is 9.78 Å². The van der Waals surface area contributed by atoms with Gasteiger partial charge in [0, 0.05) is 6.20 Å². The number of nitrogens with two attached hydrogens (primary N) is 1. The summed E-state index contributed by atoms with van der Waals surface area (Å²) in [5.41, 5.74) is 5.75. The maximum Gasteiger partial charge on any atom is 0.358 e. The number of nitrogens with zero attached hydrogens (tertiary/aromatic N) is 2. The average Bonchev–Trinajstić information content (AvgIpc) is 2.17. The topological polar surface area (TPSA) is 89.0 Å². The lowest BCUT2D eigenvalue weighted by Gasteiger charge is -2.03. The normalized spacial score (nSPS) is 9.14. The lowest BCUT2D eigenvalue weighted by atomic mass is 10.2. The van der Waals surface area contributed by atoms with Crippen LogP contribution < -0.4 is 5.73 Å². The third kappa shape index (κ3) is 1.80. The van der Waals surface area contributed by atoms with E-state index in [1.54, 1.807) is 6.92 Å². The van der Waals surface area contributed by atoms with Crippen LogP contribution in [0.25, 0.3) is 0 Å². The highest BCUT2D eigenvalue weighted by molar-refractivity contribution is 5.91. The first kappa shape index (κ1) is 9.99. The molecule has 0 bridgehead atoms. The van der Waals surface area contributed by atoms with Crippen molar-refractivity contribution >= 4 is 11.7 Å². The van der Waals surface area contributed by atoms with Crippen LogP contribution >= 0.6 is 0 Å². The van der Waals surface area contributed by atoms with Crippen LogP contribution in [-0.2, 0) is 4.74 Å². The molecule has 14 heavy (non-hydrogen) atoms. The summed E-state index contributed by atoms with van der Waals surface area (Å²) >= 11 is 0. The van der Waals surface area contributed by atoms with Crippen molar-refractivity contribution in [3.63, 3.8) is 0 Å². The van der Waals surface area contributed by atoms with E-state index in [0.29, 0.717) is 0 Å². The maximum absolute atomic E-state index is 11.3. The Morgan fingerprint density at radius 3 is 3.07 bits per heavy atom. The fourth-order valence-electron chi connectivity index (χ4n) is 0.948. The Hall–Kier alpha value is -2.09. The summed E-state index contributed by atoms with van der Waals surface area (Å²) in [5, 5.41) is 8.74. The summed E-state index contributed by atoms with van der Waals surface area (Å²) in [6.45, 7) is 1.91. The van der Waals surface area contributed by atoms with E-state index in [1.165, 1.54) is 12.3 Å². The lowest BCUT2D eigenvalue weighted by Crippen LogP contribution is -2.10. The molecule has 0 unspecified atom stereocenters. The van der Waals surface area contributed by atoms with Gasteiger partial charge in [0.25, 0.3) is 0 Å². The number of hydrogen-bond acceptors (Lipinski definition) is 5. The monoisotopic (exact) mass is 191 g/mol. The zero-order chi connectivity index (χ0) is 10.6. The molecular weight excluding hydrogens is 182 g/mol. The summed E-state index contributed by atoms with van der Waals surface area (Å²) in [5.74, 6) is -0.628. The summed E-state index contributed by atoms with van der Waals surface area (Å²) in [6, 6.07) is 3.27. The molecule has 72 valence electrons. The van der Waals surface area contributed by atoms with Crippen LogP contribution in [0.5, 0.6) is 0 Å². The highest BCUT2D eigenvalue weighted by Gasteiger charge is 2.15. The van der Waals surface area contributed by atoms with E-state index in [4.69, 9.17) is 15.7 Å². The van der Waals surface area contributed by atoms with E-state index in [9.17, 15) is 4.79 Å². The van der Waals surface area contributed by atoms with Crippen molar-refractivity contribution in [1.29, 1.82) is 5.26 Å². The molecule has 0 amide bonds. The predicted molar refractivity (Wildman–Crippen MR) is 49.3 cm³/mol. The Morgan fingerprint density at radius 1 is 1.79 bits per heavy atom.